The molecular weight excluding hydrogens is 306 g/mol. The van der Waals surface area contributed by atoms with Crippen molar-refractivity contribution in [2.75, 3.05) is 13.7 Å². The molecule has 0 fully saturated rings. The Kier molecular flexibility index (Phi) is 6.37. The molecule has 0 aliphatic rings. The molecule has 24 heavy (non-hydrogen) atoms. The molecule has 0 atom stereocenters. The van der Waals surface area contributed by atoms with Crippen molar-refractivity contribution in [1.29, 1.82) is 0 Å². The fraction of sp³-hybridized carbons (Fsp3) is 0.263. The van der Waals surface area contributed by atoms with Crippen LogP contribution in [0.2, 0.25) is 0 Å². The van der Waals surface area contributed by atoms with E-state index in [-0.39, 0.29) is 11.5 Å². The molecule has 0 aliphatic carbocycles. The summed E-state index contributed by atoms with van der Waals surface area (Å²) in [5.74, 6) is -0.145. The molecule has 0 aromatic heterocycles. The molecule has 2 rings (SSSR count). The summed E-state index contributed by atoms with van der Waals surface area (Å²) in [4.78, 5) is 22.7. The normalized spacial score (nSPS) is 10.2. The predicted octanol–water partition coefficient (Wildman–Crippen LogP) is 2.68. The average molecular weight is 327 g/mol. The molecule has 0 aliphatic heterocycles. The van der Waals surface area contributed by atoms with E-state index in [0.29, 0.717) is 25.8 Å². The summed E-state index contributed by atoms with van der Waals surface area (Å²) in [6.07, 6.45) is 1.67. The number of aromatic carboxylic acids is 1. The number of amides is 1. The minimum Gasteiger partial charge on any atom is -0.496 e. The number of hydrogen-bond donors (Lipinski definition) is 2. The van der Waals surface area contributed by atoms with Gasteiger partial charge in [-0.3, -0.25) is 4.79 Å². The van der Waals surface area contributed by atoms with E-state index in [9.17, 15) is 9.59 Å². The summed E-state index contributed by atoms with van der Waals surface area (Å²) in [6, 6.07) is 14.3. The second-order valence-corrected chi connectivity index (χ2v) is 5.41. The van der Waals surface area contributed by atoms with Crippen molar-refractivity contribution in [3.05, 3.63) is 65.2 Å². The lowest BCUT2D eigenvalue weighted by molar-refractivity contribution is -0.121. The molecule has 5 heteroatoms. The van der Waals surface area contributed by atoms with Gasteiger partial charge < -0.3 is 15.2 Å². The zero-order chi connectivity index (χ0) is 17.4. The van der Waals surface area contributed by atoms with Gasteiger partial charge in [-0.05, 0) is 42.2 Å². The number of rotatable bonds is 8. The van der Waals surface area contributed by atoms with Gasteiger partial charge in [-0.2, -0.15) is 0 Å². The molecule has 0 unspecified atom stereocenters. The maximum atomic E-state index is 11.9. The lowest BCUT2D eigenvalue weighted by Gasteiger charge is -2.09. The Hall–Kier alpha value is -2.82. The monoisotopic (exact) mass is 327 g/mol. The van der Waals surface area contributed by atoms with Crippen molar-refractivity contribution in [3.63, 3.8) is 0 Å². The van der Waals surface area contributed by atoms with Gasteiger partial charge in [0, 0.05) is 13.0 Å². The van der Waals surface area contributed by atoms with E-state index < -0.39 is 5.97 Å². The predicted molar refractivity (Wildman–Crippen MR) is 91.4 cm³/mol. The van der Waals surface area contributed by atoms with Crippen LogP contribution in [0.3, 0.4) is 0 Å². The Morgan fingerprint density at radius 2 is 1.75 bits per heavy atom. The van der Waals surface area contributed by atoms with E-state index in [1.54, 1.807) is 31.4 Å². The summed E-state index contributed by atoms with van der Waals surface area (Å²) in [6.45, 7) is 0.553. The Labute approximate surface area is 141 Å². The highest BCUT2D eigenvalue weighted by Gasteiger charge is 2.06. The van der Waals surface area contributed by atoms with Gasteiger partial charge in [-0.1, -0.05) is 30.3 Å². The highest BCUT2D eigenvalue weighted by atomic mass is 16.5. The van der Waals surface area contributed by atoms with E-state index in [4.69, 9.17) is 9.84 Å². The Bertz CT molecular complexity index is 695. The molecule has 2 aromatic carbocycles. The number of hydrogen-bond acceptors (Lipinski definition) is 3. The second kappa shape index (κ2) is 8.72. The maximum Gasteiger partial charge on any atom is 0.335 e. The van der Waals surface area contributed by atoms with Crippen molar-refractivity contribution >= 4 is 11.9 Å². The van der Waals surface area contributed by atoms with E-state index >= 15 is 0 Å². The van der Waals surface area contributed by atoms with Gasteiger partial charge in [0.05, 0.1) is 12.7 Å². The number of carboxylic acid groups (broad SMARTS) is 1. The standard InChI is InChI=1S/C19H21NO4/c1-24-17-5-3-2-4-15(17)12-13-20-18(21)11-8-14-6-9-16(10-7-14)19(22)23/h2-7,9-10H,8,11-13H2,1H3,(H,20,21)(H,22,23). The largest absolute Gasteiger partial charge is 0.496 e. The lowest BCUT2D eigenvalue weighted by atomic mass is 10.1. The third-order valence-electron chi connectivity index (χ3n) is 3.75. The number of carbonyl (C=O) groups is 2. The minimum atomic E-state index is -0.948. The van der Waals surface area contributed by atoms with Crippen LogP contribution in [0.4, 0.5) is 0 Å². The molecule has 0 bridgehead atoms. The molecule has 2 aromatic rings. The van der Waals surface area contributed by atoms with Crippen molar-refractivity contribution < 1.29 is 19.4 Å². The number of carbonyl (C=O) groups excluding carboxylic acids is 1. The third-order valence-corrected chi connectivity index (χ3v) is 3.75. The van der Waals surface area contributed by atoms with Gasteiger partial charge >= 0.3 is 5.97 Å². The van der Waals surface area contributed by atoms with Gasteiger partial charge in [0.15, 0.2) is 0 Å². The number of benzene rings is 2. The average Bonchev–Trinajstić information content (AvgIpc) is 2.60. The van der Waals surface area contributed by atoms with E-state index in [1.807, 2.05) is 24.3 Å². The molecule has 0 saturated heterocycles. The van der Waals surface area contributed by atoms with Crippen LogP contribution < -0.4 is 10.1 Å². The Morgan fingerprint density at radius 3 is 2.42 bits per heavy atom. The lowest BCUT2D eigenvalue weighted by Crippen LogP contribution is -2.26. The first-order chi connectivity index (χ1) is 11.6. The molecule has 2 N–H and O–H groups in total. The molecule has 0 spiro atoms. The number of methoxy groups -OCH3 is 1. The Balaban J connectivity index is 1.74. The molecular formula is C19H21NO4. The van der Waals surface area contributed by atoms with Crippen molar-refractivity contribution in [1.82, 2.24) is 5.32 Å². The first kappa shape index (κ1) is 17.5. The van der Waals surface area contributed by atoms with Crippen LogP contribution in [0.25, 0.3) is 0 Å². The van der Waals surface area contributed by atoms with Crippen LogP contribution in [0, 0.1) is 0 Å². The minimum absolute atomic E-state index is 0.0211. The highest BCUT2D eigenvalue weighted by Crippen LogP contribution is 2.17. The first-order valence-corrected chi connectivity index (χ1v) is 7.81. The van der Waals surface area contributed by atoms with Crippen molar-refractivity contribution in [2.24, 2.45) is 0 Å². The van der Waals surface area contributed by atoms with Crippen LogP contribution >= 0.6 is 0 Å². The first-order valence-electron chi connectivity index (χ1n) is 7.81. The van der Waals surface area contributed by atoms with Crippen LogP contribution in [0.5, 0.6) is 5.75 Å². The molecule has 0 radical (unpaired) electrons. The summed E-state index contributed by atoms with van der Waals surface area (Å²) in [5, 5.41) is 11.7. The summed E-state index contributed by atoms with van der Waals surface area (Å²) in [5.41, 5.74) is 2.25. The quantitative estimate of drug-likeness (QED) is 0.781. The number of carboxylic acids is 1. The molecule has 0 heterocycles. The van der Waals surface area contributed by atoms with Crippen LogP contribution in [-0.2, 0) is 17.6 Å². The molecule has 126 valence electrons. The maximum absolute atomic E-state index is 11.9. The van der Waals surface area contributed by atoms with Gasteiger partial charge in [-0.15, -0.1) is 0 Å². The number of nitrogens with one attached hydrogen (secondary N) is 1. The zero-order valence-electron chi connectivity index (χ0n) is 13.6. The smallest absolute Gasteiger partial charge is 0.335 e. The Morgan fingerprint density at radius 1 is 1.04 bits per heavy atom. The van der Waals surface area contributed by atoms with Crippen LogP contribution in [-0.4, -0.2) is 30.6 Å². The van der Waals surface area contributed by atoms with Gasteiger partial charge in [0.2, 0.25) is 5.91 Å². The summed E-state index contributed by atoms with van der Waals surface area (Å²) in [7, 11) is 1.63. The van der Waals surface area contributed by atoms with Crippen molar-refractivity contribution in [3.8, 4) is 5.75 Å². The van der Waals surface area contributed by atoms with Gasteiger partial charge in [0.1, 0.15) is 5.75 Å². The summed E-state index contributed by atoms with van der Waals surface area (Å²) >= 11 is 0. The SMILES string of the molecule is COc1ccccc1CCNC(=O)CCc1ccc(C(=O)O)cc1. The molecule has 0 saturated carbocycles. The highest BCUT2D eigenvalue weighted by molar-refractivity contribution is 5.87. The number of aryl methyl sites for hydroxylation is 1. The topological polar surface area (TPSA) is 75.6 Å². The van der Waals surface area contributed by atoms with E-state index in [2.05, 4.69) is 5.32 Å². The van der Waals surface area contributed by atoms with E-state index in [0.717, 1.165) is 16.9 Å². The fourth-order valence-electron chi connectivity index (χ4n) is 2.41. The second-order valence-electron chi connectivity index (χ2n) is 5.41. The van der Waals surface area contributed by atoms with Gasteiger partial charge in [0.25, 0.3) is 0 Å². The zero-order valence-corrected chi connectivity index (χ0v) is 13.6. The summed E-state index contributed by atoms with van der Waals surface area (Å²) < 4.78 is 5.28. The molecule has 1 amide bonds. The van der Waals surface area contributed by atoms with Crippen LogP contribution in [0.15, 0.2) is 48.5 Å². The number of ether oxygens (including phenoxy) is 1. The van der Waals surface area contributed by atoms with Gasteiger partial charge in [-0.25, -0.2) is 4.79 Å². The van der Waals surface area contributed by atoms with Crippen LogP contribution in [0.1, 0.15) is 27.9 Å². The fourth-order valence-corrected chi connectivity index (χ4v) is 2.41. The third kappa shape index (κ3) is 5.12. The number of para-hydroxylation sites is 1. The van der Waals surface area contributed by atoms with E-state index in [1.165, 1.54) is 0 Å². The van der Waals surface area contributed by atoms with Crippen molar-refractivity contribution in [2.45, 2.75) is 19.3 Å². The molecule has 5 nitrogen and oxygen atoms in total.